The lowest BCUT2D eigenvalue weighted by atomic mass is 10.4. The highest BCUT2D eigenvalue weighted by atomic mass is 31.2. The van der Waals surface area contributed by atoms with Crippen molar-refractivity contribution in [3.8, 4) is 0 Å². The molecule has 18 nitrogen and oxygen atoms in total. The van der Waals surface area contributed by atoms with Gasteiger partial charge in [0.2, 0.25) is 13.4 Å². The van der Waals surface area contributed by atoms with Crippen molar-refractivity contribution >= 4 is 54.4 Å². The van der Waals surface area contributed by atoms with Crippen LogP contribution in [0.25, 0.3) is 11.2 Å². The number of ether oxygens (including phenoxy) is 3. The van der Waals surface area contributed by atoms with E-state index in [1.807, 2.05) is 0 Å². The number of fused-ring (bicyclic) bond motifs is 1. The van der Waals surface area contributed by atoms with Gasteiger partial charge in [0.15, 0.2) is 17.0 Å². The van der Waals surface area contributed by atoms with Gasteiger partial charge >= 0.3 is 24.1 Å². The topological polar surface area (TPSA) is 256 Å². The van der Waals surface area contributed by atoms with Gasteiger partial charge in [-0.15, -0.1) is 0 Å². The standard InChI is InChI=1S/C21H35N8O6P.C3H6O2.CO2/c1-5-34-19(30)13(3)27-36(32,28-14(4)20(31)35-6-2)12-33-10-9-29-11-23-16-17(24-15-7-8-15)25-21(22)26-18(16)29;1-2-3(4)5;2-1-3/h11,13-15H,5-10,12H2,1-4H3,(H2,27,28,32)(H3,22,24,25,26);2H2,1H3,(H,4,5);/t13-,14-;;/m0../s1. The number of carboxylic acids is 1. The zero-order valence-corrected chi connectivity index (χ0v) is 26.3. The van der Waals surface area contributed by atoms with Crippen molar-refractivity contribution in [2.45, 2.75) is 78.6 Å². The molecule has 0 unspecified atom stereocenters. The predicted octanol–water partition coefficient (Wildman–Crippen LogP) is 1.13. The number of anilines is 2. The molecule has 246 valence electrons. The first-order chi connectivity index (χ1) is 20.8. The first-order valence-electron chi connectivity index (χ1n) is 13.9. The van der Waals surface area contributed by atoms with Crippen LogP contribution in [0.4, 0.5) is 11.8 Å². The molecule has 0 aliphatic heterocycles. The molecule has 2 aromatic rings. The molecule has 1 aliphatic rings. The molecule has 0 saturated heterocycles. The molecule has 0 bridgehead atoms. The number of hydrogen-bond donors (Lipinski definition) is 5. The number of hydrogen-bond acceptors (Lipinski definition) is 14. The minimum Gasteiger partial charge on any atom is -0.481 e. The largest absolute Gasteiger partial charge is 0.481 e. The Balaban J connectivity index is 0.00000108. The lowest BCUT2D eigenvalue weighted by Crippen LogP contribution is -2.42. The first kappa shape index (κ1) is 38.1. The molecule has 2 heterocycles. The molecule has 1 fully saturated rings. The van der Waals surface area contributed by atoms with Crippen LogP contribution in [0.3, 0.4) is 0 Å². The number of imidazole rings is 1. The zero-order chi connectivity index (χ0) is 33.3. The molecule has 1 saturated carbocycles. The Kier molecular flexibility index (Phi) is 16.7. The third kappa shape index (κ3) is 13.6. The quantitative estimate of drug-likeness (QED) is 0.0974. The number of aliphatic carboxylic acids is 1. The lowest BCUT2D eigenvalue weighted by molar-refractivity contribution is -0.191. The molecular weight excluding hydrogens is 603 g/mol. The van der Waals surface area contributed by atoms with Crippen LogP contribution in [-0.2, 0) is 49.3 Å². The number of nitrogens with zero attached hydrogens (tertiary/aromatic N) is 4. The summed E-state index contributed by atoms with van der Waals surface area (Å²) in [6.45, 7) is 8.86. The number of rotatable bonds is 16. The summed E-state index contributed by atoms with van der Waals surface area (Å²) in [5.41, 5.74) is 7.05. The monoisotopic (exact) mass is 644 g/mol. The first-order valence-corrected chi connectivity index (χ1v) is 15.7. The molecule has 1 aliphatic carbocycles. The second-order valence-corrected chi connectivity index (χ2v) is 11.5. The third-order valence-corrected chi connectivity index (χ3v) is 7.69. The van der Waals surface area contributed by atoms with Crippen LogP contribution in [0.2, 0.25) is 0 Å². The summed E-state index contributed by atoms with van der Waals surface area (Å²) in [7, 11) is -3.57. The Hall–Kier alpha value is -3.95. The second kappa shape index (κ2) is 19.4. The van der Waals surface area contributed by atoms with E-state index in [2.05, 4.69) is 30.4 Å². The molecule has 2 atom stereocenters. The van der Waals surface area contributed by atoms with Crippen LogP contribution in [0.15, 0.2) is 6.33 Å². The maximum atomic E-state index is 13.6. The van der Waals surface area contributed by atoms with E-state index in [1.165, 1.54) is 13.8 Å². The van der Waals surface area contributed by atoms with Crippen molar-refractivity contribution in [2.24, 2.45) is 0 Å². The third-order valence-electron chi connectivity index (χ3n) is 5.54. The van der Waals surface area contributed by atoms with Crippen molar-refractivity contribution in [3.63, 3.8) is 0 Å². The number of nitrogens with one attached hydrogen (secondary N) is 3. The summed E-state index contributed by atoms with van der Waals surface area (Å²) < 4.78 is 31.0. The number of carbonyl (C=O) groups excluding carboxylic acids is 4. The van der Waals surface area contributed by atoms with Crippen LogP contribution < -0.4 is 21.2 Å². The highest BCUT2D eigenvalue weighted by molar-refractivity contribution is 7.59. The Bertz CT molecular complexity index is 1280. The van der Waals surface area contributed by atoms with Gasteiger partial charge in [-0.25, -0.2) is 15.2 Å². The van der Waals surface area contributed by atoms with E-state index in [0.29, 0.717) is 29.6 Å². The number of esters is 2. The second-order valence-electron chi connectivity index (χ2n) is 9.27. The van der Waals surface area contributed by atoms with Crippen molar-refractivity contribution in [2.75, 3.05) is 37.2 Å². The molecule has 2 aromatic heterocycles. The van der Waals surface area contributed by atoms with E-state index in [1.54, 1.807) is 31.7 Å². The number of nitrogen functional groups attached to an aromatic ring is 1. The van der Waals surface area contributed by atoms with Gasteiger partial charge in [-0.05, 0) is 40.5 Å². The minimum atomic E-state index is -3.57. The van der Waals surface area contributed by atoms with Gasteiger partial charge in [0, 0.05) is 19.0 Å². The van der Waals surface area contributed by atoms with Crippen LogP contribution >= 0.6 is 7.44 Å². The fourth-order valence-electron chi connectivity index (χ4n) is 3.38. The lowest BCUT2D eigenvalue weighted by Gasteiger charge is -2.26. The number of nitrogens with two attached hydrogens (primary N) is 1. The molecule has 0 amide bonds. The summed E-state index contributed by atoms with van der Waals surface area (Å²) >= 11 is 0. The van der Waals surface area contributed by atoms with E-state index < -0.39 is 37.4 Å². The Labute approximate surface area is 254 Å². The smallest absolute Gasteiger partial charge is 0.373 e. The Morgan fingerprint density at radius 3 is 2.07 bits per heavy atom. The number of carbonyl (C=O) groups is 3. The summed E-state index contributed by atoms with van der Waals surface area (Å²) in [6, 6.07) is -1.41. The maximum absolute atomic E-state index is 13.6. The molecule has 19 heteroatoms. The van der Waals surface area contributed by atoms with Crippen LogP contribution in [0.1, 0.15) is 53.9 Å². The van der Waals surface area contributed by atoms with Gasteiger partial charge in [0.25, 0.3) is 0 Å². The molecule has 3 rings (SSSR count). The van der Waals surface area contributed by atoms with Crippen molar-refractivity contribution in [1.29, 1.82) is 0 Å². The van der Waals surface area contributed by atoms with E-state index in [-0.39, 0.29) is 44.7 Å². The van der Waals surface area contributed by atoms with E-state index in [4.69, 9.17) is 34.6 Å². The van der Waals surface area contributed by atoms with Gasteiger partial charge in [0.05, 0.1) is 26.1 Å². The maximum Gasteiger partial charge on any atom is 0.373 e. The summed E-state index contributed by atoms with van der Waals surface area (Å²) in [5, 5.41) is 16.5. The summed E-state index contributed by atoms with van der Waals surface area (Å²) in [4.78, 5) is 62.7. The highest BCUT2D eigenvalue weighted by Crippen LogP contribution is 2.37. The summed E-state index contributed by atoms with van der Waals surface area (Å²) in [5.74, 6) is -1.15. The molecule has 44 heavy (non-hydrogen) atoms. The zero-order valence-electron chi connectivity index (χ0n) is 25.4. The van der Waals surface area contributed by atoms with E-state index in [0.717, 1.165) is 12.8 Å². The average Bonchev–Trinajstić information content (AvgIpc) is 3.69. The van der Waals surface area contributed by atoms with Crippen molar-refractivity contribution < 1.29 is 47.9 Å². The van der Waals surface area contributed by atoms with Crippen molar-refractivity contribution in [3.05, 3.63) is 6.33 Å². The highest BCUT2D eigenvalue weighted by Gasteiger charge is 2.32. The molecule has 0 aromatic carbocycles. The minimum absolute atomic E-state index is 0.132. The molecule has 0 radical (unpaired) electrons. The average molecular weight is 645 g/mol. The SMILES string of the molecule is CCC(=O)O.CCOC(=O)[C@H](C)NP(=O)(COCCn1cnc2c(NC3CC3)nc(N)nc21)N[C@@H](C)C(=O)OCC.O=C=O. The predicted molar refractivity (Wildman–Crippen MR) is 156 cm³/mol. The molecule has 0 spiro atoms. The fourth-order valence-corrected chi connectivity index (χ4v) is 5.45. The normalized spacial score (nSPS) is 13.7. The van der Waals surface area contributed by atoms with Crippen LogP contribution in [0.5, 0.6) is 0 Å². The van der Waals surface area contributed by atoms with Gasteiger partial charge in [0.1, 0.15) is 18.4 Å². The van der Waals surface area contributed by atoms with E-state index in [9.17, 15) is 18.9 Å². The van der Waals surface area contributed by atoms with Gasteiger partial charge < -0.3 is 34.9 Å². The number of aromatic nitrogens is 4. The molecule has 6 N–H and O–H groups in total. The van der Waals surface area contributed by atoms with Gasteiger partial charge in [-0.1, -0.05) is 6.92 Å². The van der Waals surface area contributed by atoms with Gasteiger partial charge in [-0.3, -0.25) is 18.9 Å². The van der Waals surface area contributed by atoms with E-state index >= 15 is 0 Å². The Morgan fingerprint density at radius 2 is 1.61 bits per heavy atom. The van der Waals surface area contributed by atoms with Gasteiger partial charge in [-0.2, -0.15) is 19.6 Å². The van der Waals surface area contributed by atoms with Crippen molar-refractivity contribution in [1.82, 2.24) is 29.7 Å². The summed E-state index contributed by atoms with van der Waals surface area (Å²) in [6.07, 6.45) is 3.94. The Morgan fingerprint density at radius 1 is 1.09 bits per heavy atom. The number of carboxylic acid groups (broad SMARTS) is 1. The van der Waals surface area contributed by atoms with Crippen LogP contribution in [-0.4, -0.2) is 93.0 Å². The molecular formula is C25H41N8O10P. The van der Waals surface area contributed by atoms with Crippen LogP contribution in [0, 0.1) is 0 Å². The fraction of sp³-hybridized carbons (Fsp3) is 0.640.